The standard InChI is InChI=1S/C17H30O3/c1-5-7-8-9-10-11-12-13-14-17(4,15(3)18)16(19)20-6-2/h12-13H,5-11,14H2,1-4H3/b13-12+. The highest BCUT2D eigenvalue weighted by Crippen LogP contribution is 2.25. The lowest BCUT2D eigenvalue weighted by atomic mass is 9.82. The molecule has 0 aromatic rings. The number of hydrogen-bond acceptors (Lipinski definition) is 3. The summed E-state index contributed by atoms with van der Waals surface area (Å²) in [6.45, 7) is 7.39. The fourth-order valence-electron chi connectivity index (χ4n) is 1.96. The van der Waals surface area contributed by atoms with Gasteiger partial charge in [0.15, 0.2) is 0 Å². The van der Waals surface area contributed by atoms with Crippen LogP contribution in [0.25, 0.3) is 0 Å². The molecule has 0 saturated heterocycles. The van der Waals surface area contributed by atoms with E-state index in [-0.39, 0.29) is 5.78 Å². The van der Waals surface area contributed by atoms with Crippen molar-refractivity contribution in [1.29, 1.82) is 0 Å². The van der Waals surface area contributed by atoms with Gasteiger partial charge in [-0.15, -0.1) is 0 Å². The summed E-state index contributed by atoms with van der Waals surface area (Å²) in [6, 6.07) is 0. The second-order valence-electron chi connectivity index (χ2n) is 5.49. The lowest BCUT2D eigenvalue weighted by Gasteiger charge is -2.22. The van der Waals surface area contributed by atoms with Gasteiger partial charge < -0.3 is 4.74 Å². The van der Waals surface area contributed by atoms with E-state index < -0.39 is 11.4 Å². The number of allylic oxidation sites excluding steroid dienone is 2. The number of unbranched alkanes of at least 4 members (excludes halogenated alkanes) is 5. The Bertz CT molecular complexity index is 320. The van der Waals surface area contributed by atoms with Crippen LogP contribution in [0.4, 0.5) is 0 Å². The maximum Gasteiger partial charge on any atom is 0.319 e. The average Bonchev–Trinajstić information content (AvgIpc) is 2.41. The van der Waals surface area contributed by atoms with Crippen LogP contribution in [-0.2, 0) is 14.3 Å². The molecule has 0 amide bonds. The third kappa shape index (κ3) is 6.88. The average molecular weight is 282 g/mol. The Morgan fingerprint density at radius 3 is 2.25 bits per heavy atom. The molecular weight excluding hydrogens is 252 g/mol. The summed E-state index contributed by atoms with van der Waals surface area (Å²) < 4.78 is 5.00. The highest BCUT2D eigenvalue weighted by atomic mass is 16.5. The maximum atomic E-state index is 11.9. The Morgan fingerprint density at radius 1 is 1.05 bits per heavy atom. The van der Waals surface area contributed by atoms with Gasteiger partial charge in [0.2, 0.25) is 0 Å². The molecule has 0 saturated carbocycles. The Labute approximate surface area is 123 Å². The van der Waals surface area contributed by atoms with Crippen molar-refractivity contribution in [2.24, 2.45) is 5.41 Å². The number of ether oxygens (including phenoxy) is 1. The van der Waals surface area contributed by atoms with Crippen LogP contribution in [0.5, 0.6) is 0 Å². The number of Topliss-reactive ketones (excluding diaryl/α,β-unsaturated/α-hetero) is 1. The van der Waals surface area contributed by atoms with Gasteiger partial charge in [0.05, 0.1) is 6.61 Å². The number of esters is 1. The number of ketones is 1. The van der Waals surface area contributed by atoms with E-state index in [4.69, 9.17) is 4.74 Å². The van der Waals surface area contributed by atoms with Gasteiger partial charge in [0.25, 0.3) is 0 Å². The van der Waals surface area contributed by atoms with Crippen molar-refractivity contribution >= 4 is 11.8 Å². The maximum absolute atomic E-state index is 11.9. The number of hydrogen-bond donors (Lipinski definition) is 0. The lowest BCUT2D eigenvalue weighted by Crippen LogP contribution is -2.36. The molecule has 0 aliphatic heterocycles. The van der Waals surface area contributed by atoms with Gasteiger partial charge in [-0.05, 0) is 40.0 Å². The first kappa shape index (κ1) is 18.9. The highest BCUT2D eigenvalue weighted by molar-refractivity contribution is 6.02. The summed E-state index contributed by atoms with van der Waals surface area (Å²) in [5, 5.41) is 0. The second-order valence-corrected chi connectivity index (χ2v) is 5.49. The van der Waals surface area contributed by atoms with Gasteiger partial charge in [0, 0.05) is 0 Å². The van der Waals surface area contributed by atoms with Crippen LogP contribution in [0.15, 0.2) is 12.2 Å². The Balaban J connectivity index is 4.15. The molecule has 0 rings (SSSR count). The predicted octanol–water partition coefficient (Wildman–Crippen LogP) is 4.45. The molecule has 0 bridgehead atoms. The molecule has 0 aliphatic rings. The minimum absolute atomic E-state index is 0.136. The molecule has 0 N–H and O–H groups in total. The molecule has 3 nitrogen and oxygen atoms in total. The van der Waals surface area contributed by atoms with Gasteiger partial charge in [-0.3, -0.25) is 9.59 Å². The van der Waals surface area contributed by atoms with Crippen LogP contribution < -0.4 is 0 Å². The van der Waals surface area contributed by atoms with E-state index in [0.717, 1.165) is 6.42 Å². The predicted molar refractivity (Wildman–Crippen MR) is 82.6 cm³/mol. The van der Waals surface area contributed by atoms with Gasteiger partial charge in [0.1, 0.15) is 11.2 Å². The summed E-state index contributed by atoms with van der Waals surface area (Å²) >= 11 is 0. The Kier molecular flexibility index (Phi) is 10.0. The van der Waals surface area contributed by atoms with Gasteiger partial charge in [-0.1, -0.05) is 44.8 Å². The van der Waals surface area contributed by atoms with Crippen molar-refractivity contribution < 1.29 is 14.3 Å². The van der Waals surface area contributed by atoms with Crippen LogP contribution in [0.2, 0.25) is 0 Å². The lowest BCUT2D eigenvalue weighted by molar-refractivity contribution is -0.158. The second kappa shape index (κ2) is 10.6. The van der Waals surface area contributed by atoms with Crippen LogP contribution >= 0.6 is 0 Å². The zero-order chi connectivity index (χ0) is 15.4. The smallest absolute Gasteiger partial charge is 0.319 e. The summed E-state index contributed by atoms with van der Waals surface area (Å²) in [5.41, 5.74) is -1.03. The van der Waals surface area contributed by atoms with E-state index in [9.17, 15) is 9.59 Å². The number of carbonyl (C=O) groups is 2. The van der Waals surface area contributed by atoms with Crippen molar-refractivity contribution in [2.75, 3.05) is 6.61 Å². The number of rotatable bonds is 11. The molecule has 1 unspecified atom stereocenters. The van der Waals surface area contributed by atoms with Crippen molar-refractivity contribution in [3.05, 3.63) is 12.2 Å². The van der Waals surface area contributed by atoms with E-state index in [1.165, 1.54) is 39.0 Å². The van der Waals surface area contributed by atoms with Crippen molar-refractivity contribution in [2.45, 2.75) is 72.6 Å². The fraction of sp³-hybridized carbons (Fsp3) is 0.765. The molecule has 0 aliphatic carbocycles. The quantitative estimate of drug-likeness (QED) is 0.243. The summed E-state index contributed by atoms with van der Waals surface area (Å²) in [5.74, 6) is -0.552. The van der Waals surface area contributed by atoms with Crippen LogP contribution in [0.1, 0.15) is 72.6 Å². The van der Waals surface area contributed by atoms with E-state index in [2.05, 4.69) is 13.0 Å². The minimum Gasteiger partial charge on any atom is -0.465 e. The third-order valence-corrected chi connectivity index (χ3v) is 3.67. The summed E-state index contributed by atoms with van der Waals surface area (Å²) in [4.78, 5) is 23.6. The molecule has 1 atom stereocenters. The largest absolute Gasteiger partial charge is 0.465 e. The molecule has 3 heteroatoms. The van der Waals surface area contributed by atoms with E-state index in [1.54, 1.807) is 13.8 Å². The van der Waals surface area contributed by atoms with Gasteiger partial charge in [-0.2, -0.15) is 0 Å². The van der Waals surface area contributed by atoms with Gasteiger partial charge >= 0.3 is 5.97 Å². The normalized spacial score (nSPS) is 14.2. The zero-order valence-corrected chi connectivity index (χ0v) is 13.5. The SMILES string of the molecule is CCCCCCC/C=C/CC(C)(C(C)=O)C(=O)OCC. The fourth-order valence-corrected chi connectivity index (χ4v) is 1.96. The van der Waals surface area contributed by atoms with Crippen LogP contribution in [0.3, 0.4) is 0 Å². The molecule has 0 aromatic carbocycles. The van der Waals surface area contributed by atoms with E-state index in [1.807, 2.05) is 6.08 Å². The van der Waals surface area contributed by atoms with Crippen molar-refractivity contribution in [3.8, 4) is 0 Å². The molecule has 0 spiro atoms. The molecule has 0 heterocycles. The highest BCUT2D eigenvalue weighted by Gasteiger charge is 2.38. The summed E-state index contributed by atoms with van der Waals surface area (Å²) in [7, 11) is 0. The molecule has 0 radical (unpaired) electrons. The van der Waals surface area contributed by atoms with E-state index in [0.29, 0.717) is 13.0 Å². The molecule has 0 fully saturated rings. The van der Waals surface area contributed by atoms with Crippen LogP contribution in [-0.4, -0.2) is 18.4 Å². The van der Waals surface area contributed by atoms with Gasteiger partial charge in [-0.25, -0.2) is 0 Å². The van der Waals surface area contributed by atoms with Crippen molar-refractivity contribution in [1.82, 2.24) is 0 Å². The van der Waals surface area contributed by atoms with Crippen LogP contribution in [0, 0.1) is 5.41 Å². The first-order chi connectivity index (χ1) is 9.49. The molecule has 116 valence electrons. The Hall–Kier alpha value is -1.12. The third-order valence-electron chi connectivity index (χ3n) is 3.67. The summed E-state index contributed by atoms with van der Waals surface area (Å²) in [6.07, 6.45) is 11.7. The molecule has 0 aromatic heterocycles. The monoisotopic (exact) mass is 282 g/mol. The number of carbonyl (C=O) groups excluding carboxylic acids is 2. The Morgan fingerprint density at radius 2 is 1.70 bits per heavy atom. The topological polar surface area (TPSA) is 43.4 Å². The minimum atomic E-state index is -1.03. The zero-order valence-electron chi connectivity index (χ0n) is 13.5. The molecule has 20 heavy (non-hydrogen) atoms. The first-order valence-electron chi connectivity index (χ1n) is 7.82. The van der Waals surface area contributed by atoms with E-state index >= 15 is 0 Å². The molecular formula is C17H30O3. The first-order valence-corrected chi connectivity index (χ1v) is 7.82. The van der Waals surface area contributed by atoms with Crippen molar-refractivity contribution in [3.63, 3.8) is 0 Å².